The SMILES string of the molecule is Cc1cc(CCCBr)ccc1C(=O)O. The minimum absolute atomic E-state index is 0.396. The number of carbonyl (C=O) groups is 1. The van der Waals surface area contributed by atoms with Crippen LogP contribution in [0.3, 0.4) is 0 Å². The Morgan fingerprint density at radius 1 is 1.50 bits per heavy atom. The van der Waals surface area contributed by atoms with Gasteiger partial charge in [0.05, 0.1) is 5.56 Å². The molecule has 0 unspecified atom stereocenters. The summed E-state index contributed by atoms with van der Waals surface area (Å²) in [5, 5.41) is 9.80. The van der Waals surface area contributed by atoms with Crippen LogP contribution in [0.4, 0.5) is 0 Å². The molecule has 1 aromatic carbocycles. The van der Waals surface area contributed by atoms with Gasteiger partial charge in [0.15, 0.2) is 0 Å². The third-order valence-electron chi connectivity index (χ3n) is 2.12. The molecule has 0 radical (unpaired) electrons. The third kappa shape index (κ3) is 2.84. The number of rotatable bonds is 4. The molecule has 14 heavy (non-hydrogen) atoms. The Kier molecular flexibility index (Phi) is 4.14. The molecule has 2 nitrogen and oxygen atoms in total. The monoisotopic (exact) mass is 256 g/mol. The van der Waals surface area contributed by atoms with E-state index in [0.29, 0.717) is 5.56 Å². The van der Waals surface area contributed by atoms with Gasteiger partial charge < -0.3 is 5.11 Å². The molecule has 0 fully saturated rings. The van der Waals surface area contributed by atoms with E-state index in [1.54, 1.807) is 6.07 Å². The zero-order chi connectivity index (χ0) is 10.6. The van der Waals surface area contributed by atoms with Gasteiger partial charge in [-0.2, -0.15) is 0 Å². The number of carboxylic acid groups (broad SMARTS) is 1. The third-order valence-corrected chi connectivity index (χ3v) is 2.68. The van der Waals surface area contributed by atoms with Crippen molar-refractivity contribution in [2.45, 2.75) is 19.8 Å². The van der Waals surface area contributed by atoms with Crippen molar-refractivity contribution in [3.63, 3.8) is 0 Å². The Labute approximate surface area is 92.1 Å². The largest absolute Gasteiger partial charge is 0.478 e. The van der Waals surface area contributed by atoms with Crippen LogP contribution in [0.1, 0.15) is 27.9 Å². The standard InChI is InChI=1S/C11H13BrO2/c1-8-7-9(3-2-6-12)4-5-10(8)11(13)14/h4-5,7H,2-3,6H2,1H3,(H,13,14). The zero-order valence-electron chi connectivity index (χ0n) is 8.09. The molecule has 0 aliphatic heterocycles. The van der Waals surface area contributed by atoms with Gasteiger partial charge in [0, 0.05) is 5.33 Å². The van der Waals surface area contributed by atoms with Crippen molar-refractivity contribution in [1.82, 2.24) is 0 Å². The Bertz CT molecular complexity index is 334. The topological polar surface area (TPSA) is 37.3 Å². The van der Waals surface area contributed by atoms with Crippen LogP contribution in [-0.2, 0) is 6.42 Å². The summed E-state index contributed by atoms with van der Waals surface area (Å²) < 4.78 is 0. The molecule has 0 spiro atoms. The molecule has 0 atom stereocenters. The first-order chi connectivity index (χ1) is 6.65. The quantitative estimate of drug-likeness (QED) is 0.842. The number of hydrogen-bond donors (Lipinski definition) is 1. The highest BCUT2D eigenvalue weighted by Gasteiger charge is 2.06. The molecule has 0 aliphatic carbocycles. The van der Waals surface area contributed by atoms with Gasteiger partial charge >= 0.3 is 5.97 Å². The Morgan fingerprint density at radius 2 is 2.21 bits per heavy atom. The second-order valence-corrected chi connectivity index (χ2v) is 4.04. The van der Waals surface area contributed by atoms with Crippen LogP contribution in [0, 0.1) is 6.92 Å². The summed E-state index contributed by atoms with van der Waals surface area (Å²) in [7, 11) is 0. The first-order valence-electron chi connectivity index (χ1n) is 4.54. The Balaban J connectivity index is 2.83. The smallest absolute Gasteiger partial charge is 0.335 e. The Morgan fingerprint density at radius 3 is 2.71 bits per heavy atom. The number of carboxylic acids is 1. The summed E-state index contributed by atoms with van der Waals surface area (Å²) in [5.74, 6) is -0.852. The van der Waals surface area contributed by atoms with E-state index in [-0.39, 0.29) is 0 Å². The van der Waals surface area contributed by atoms with Crippen molar-refractivity contribution < 1.29 is 9.90 Å². The van der Waals surface area contributed by atoms with Crippen molar-refractivity contribution in [3.8, 4) is 0 Å². The minimum Gasteiger partial charge on any atom is -0.478 e. The van der Waals surface area contributed by atoms with Gasteiger partial charge in [0.1, 0.15) is 0 Å². The summed E-state index contributed by atoms with van der Waals surface area (Å²) in [6, 6.07) is 5.52. The van der Waals surface area contributed by atoms with Gasteiger partial charge in [-0.1, -0.05) is 28.1 Å². The van der Waals surface area contributed by atoms with Crippen molar-refractivity contribution >= 4 is 21.9 Å². The minimum atomic E-state index is -0.852. The van der Waals surface area contributed by atoms with E-state index >= 15 is 0 Å². The number of alkyl halides is 1. The van der Waals surface area contributed by atoms with Crippen LogP contribution in [0.5, 0.6) is 0 Å². The first-order valence-corrected chi connectivity index (χ1v) is 5.66. The van der Waals surface area contributed by atoms with E-state index in [4.69, 9.17) is 5.11 Å². The highest BCUT2D eigenvalue weighted by molar-refractivity contribution is 9.09. The molecule has 1 aromatic rings. The molecule has 0 bridgehead atoms. The maximum absolute atomic E-state index is 10.7. The molecule has 0 saturated carbocycles. The summed E-state index contributed by atoms with van der Waals surface area (Å²) in [6.07, 6.45) is 2.07. The zero-order valence-corrected chi connectivity index (χ0v) is 9.67. The van der Waals surface area contributed by atoms with Crippen LogP contribution in [0.2, 0.25) is 0 Å². The number of aromatic carboxylic acids is 1. The lowest BCUT2D eigenvalue weighted by molar-refractivity contribution is 0.0696. The van der Waals surface area contributed by atoms with Gasteiger partial charge in [0.2, 0.25) is 0 Å². The van der Waals surface area contributed by atoms with E-state index in [2.05, 4.69) is 15.9 Å². The number of aryl methyl sites for hydroxylation is 2. The van der Waals surface area contributed by atoms with Gasteiger partial charge in [0.25, 0.3) is 0 Å². The van der Waals surface area contributed by atoms with Crippen LogP contribution < -0.4 is 0 Å². The highest BCUT2D eigenvalue weighted by atomic mass is 79.9. The predicted octanol–water partition coefficient (Wildman–Crippen LogP) is 3.02. The van der Waals surface area contributed by atoms with E-state index in [0.717, 1.165) is 23.7 Å². The fraction of sp³-hybridized carbons (Fsp3) is 0.364. The predicted molar refractivity (Wildman–Crippen MR) is 60.3 cm³/mol. The van der Waals surface area contributed by atoms with Crippen molar-refractivity contribution in [1.29, 1.82) is 0 Å². The van der Waals surface area contributed by atoms with Gasteiger partial charge in [-0.15, -0.1) is 0 Å². The molecule has 0 heterocycles. The van der Waals surface area contributed by atoms with Gasteiger partial charge in [-0.3, -0.25) is 0 Å². The lowest BCUT2D eigenvalue weighted by atomic mass is 10.0. The van der Waals surface area contributed by atoms with E-state index in [1.165, 1.54) is 5.56 Å². The maximum Gasteiger partial charge on any atom is 0.335 e. The maximum atomic E-state index is 10.7. The van der Waals surface area contributed by atoms with Crippen molar-refractivity contribution in [2.75, 3.05) is 5.33 Å². The van der Waals surface area contributed by atoms with Crippen LogP contribution in [0.15, 0.2) is 18.2 Å². The molecular weight excluding hydrogens is 244 g/mol. The number of hydrogen-bond acceptors (Lipinski definition) is 1. The summed E-state index contributed by atoms with van der Waals surface area (Å²) in [5.41, 5.74) is 2.43. The molecule has 0 aliphatic rings. The molecular formula is C11H13BrO2. The van der Waals surface area contributed by atoms with Crippen LogP contribution in [-0.4, -0.2) is 16.4 Å². The van der Waals surface area contributed by atoms with Gasteiger partial charge in [-0.05, 0) is 37.0 Å². The summed E-state index contributed by atoms with van der Waals surface area (Å²) in [6.45, 7) is 1.83. The first kappa shape index (κ1) is 11.2. The van der Waals surface area contributed by atoms with Crippen molar-refractivity contribution in [2.24, 2.45) is 0 Å². The van der Waals surface area contributed by atoms with Crippen molar-refractivity contribution in [3.05, 3.63) is 34.9 Å². The normalized spacial score (nSPS) is 10.1. The second kappa shape index (κ2) is 5.15. The van der Waals surface area contributed by atoms with Crippen LogP contribution >= 0.6 is 15.9 Å². The molecule has 3 heteroatoms. The molecule has 76 valence electrons. The fourth-order valence-electron chi connectivity index (χ4n) is 1.39. The van der Waals surface area contributed by atoms with E-state index < -0.39 is 5.97 Å². The van der Waals surface area contributed by atoms with E-state index in [9.17, 15) is 4.79 Å². The molecule has 0 aromatic heterocycles. The van der Waals surface area contributed by atoms with Crippen LogP contribution in [0.25, 0.3) is 0 Å². The van der Waals surface area contributed by atoms with Gasteiger partial charge in [-0.25, -0.2) is 4.79 Å². The average Bonchev–Trinajstić information content (AvgIpc) is 2.14. The molecule has 1 N–H and O–H groups in total. The lowest BCUT2D eigenvalue weighted by Crippen LogP contribution is -2.00. The fourth-order valence-corrected chi connectivity index (χ4v) is 1.67. The Hall–Kier alpha value is -0.830. The molecule has 1 rings (SSSR count). The summed E-state index contributed by atoms with van der Waals surface area (Å²) in [4.78, 5) is 10.7. The average molecular weight is 257 g/mol. The summed E-state index contributed by atoms with van der Waals surface area (Å²) >= 11 is 3.37. The number of benzene rings is 1. The number of halogens is 1. The molecule has 0 saturated heterocycles. The van der Waals surface area contributed by atoms with E-state index in [1.807, 2.05) is 19.1 Å². The second-order valence-electron chi connectivity index (χ2n) is 3.25. The highest BCUT2D eigenvalue weighted by Crippen LogP contribution is 2.12. The lowest BCUT2D eigenvalue weighted by Gasteiger charge is -2.04. The molecule has 0 amide bonds.